The second kappa shape index (κ2) is 5.41. The molecule has 3 heterocycles. The Kier molecular flexibility index (Phi) is 3.39. The summed E-state index contributed by atoms with van der Waals surface area (Å²) in [6, 6.07) is 9.54. The predicted octanol–water partition coefficient (Wildman–Crippen LogP) is 1.84. The fourth-order valence-electron chi connectivity index (χ4n) is 3.47. The van der Waals surface area contributed by atoms with Crippen molar-refractivity contribution in [1.29, 1.82) is 0 Å². The first kappa shape index (κ1) is 13.8. The maximum atomic E-state index is 12.7. The number of ether oxygens (including phenoxy) is 1. The second-order valence-electron chi connectivity index (χ2n) is 6.29. The molecular weight excluding hydrogens is 280 g/mol. The van der Waals surface area contributed by atoms with Gasteiger partial charge in [-0.3, -0.25) is 4.79 Å². The van der Waals surface area contributed by atoms with Gasteiger partial charge in [-0.1, -0.05) is 18.2 Å². The molecule has 5 heteroatoms. The van der Waals surface area contributed by atoms with Crippen LogP contribution in [0.5, 0.6) is 0 Å². The van der Waals surface area contributed by atoms with Crippen molar-refractivity contribution in [2.75, 3.05) is 39.8 Å². The molecule has 0 bridgehead atoms. The first-order valence-electron chi connectivity index (χ1n) is 7.79. The number of benzene rings is 1. The minimum atomic E-state index is -0.0319. The summed E-state index contributed by atoms with van der Waals surface area (Å²) < 4.78 is 11.6. The fourth-order valence-corrected chi connectivity index (χ4v) is 3.47. The molecule has 2 saturated heterocycles. The molecule has 0 saturated carbocycles. The molecule has 0 spiro atoms. The van der Waals surface area contributed by atoms with Crippen LogP contribution in [0.4, 0.5) is 0 Å². The standard InChI is InChI=1S/C17H20N2O3/c1-18-6-7-21-16-11-19(10-13(16)9-18)17(20)15-8-12-4-2-3-5-14(12)22-15/h2-5,8,13,16H,6-7,9-11H2,1H3/t13-,16+/m1/s1. The molecule has 2 aliphatic heterocycles. The molecule has 2 aliphatic rings. The first-order valence-corrected chi connectivity index (χ1v) is 7.79. The Hall–Kier alpha value is -1.85. The Balaban J connectivity index is 1.54. The monoisotopic (exact) mass is 300 g/mol. The zero-order valence-corrected chi connectivity index (χ0v) is 12.7. The van der Waals surface area contributed by atoms with Gasteiger partial charge in [-0.05, 0) is 19.2 Å². The van der Waals surface area contributed by atoms with E-state index in [9.17, 15) is 4.79 Å². The van der Waals surface area contributed by atoms with Crippen molar-refractivity contribution in [3.05, 3.63) is 36.1 Å². The number of amides is 1. The van der Waals surface area contributed by atoms with Gasteiger partial charge in [0.05, 0.1) is 12.7 Å². The largest absolute Gasteiger partial charge is 0.451 e. The number of hydrogen-bond acceptors (Lipinski definition) is 4. The quantitative estimate of drug-likeness (QED) is 0.806. The summed E-state index contributed by atoms with van der Waals surface area (Å²) in [5.74, 6) is 0.780. The summed E-state index contributed by atoms with van der Waals surface area (Å²) in [7, 11) is 2.11. The topological polar surface area (TPSA) is 45.9 Å². The van der Waals surface area contributed by atoms with Crippen LogP contribution in [0.2, 0.25) is 0 Å². The van der Waals surface area contributed by atoms with E-state index in [0.717, 1.165) is 37.2 Å². The van der Waals surface area contributed by atoms with Gasteiger partial charge < -0.3 is 19.0 Å². The van der Waals surface area contributed by atoms with Crippen LogP contribution in [0.15, 0.2) is 34.7 Å². The Bertz CT molecular complexity index is 663. The van der Waals surface area contributed by atoms with Crippen LogP contribution < -0.4 is 0 Å². The summed E-state index contributed by atoms with van der Waals surface area (Å²) in [6.45, 7) is 4.09. The first-order chi connectivity index (χ1) is 10.7. The van der Waals surface area contributed by atoms with Crippen molar-refractivity contribution in [2.45, 2.75) is 6.10 Å². The molecule has 0 unspecified atom stereocenters. The highest BCUT2D eigenvalue weighted by atomic mass is 16.5. The number of likely N-dealkylation sites (tertiary alicyclic amines) is 1. The van der Waals surface area contributed by atoms with E-state index in [1.54, 1.807) is 0 Å². The summed E-state index contributed by atoms with van der Waals surface area (Å²) in [5, 5.41) is 0.968. The molecule has 116 valence electrons. The number of fused-ring (bicyclic) bond motifs is 2. The average molecular weight is 300 g/mol. The SMILES string of the molecule is CN1CCO[C@H]2CN(C(=O)c3cc4ccccc4o3)C[C@H]2C1. The Labute approximate surface area is 129 Å². The molecule has 0 aliphatic carbocycles. The zero-order chi connectivity index (χ0) is 15.1. The van der Waals surface area contributed by atoms with E-state index < -0.39 is 0 Å². The number of carbonyl (C=O) groups is 1. The third kappa shape index (κ3) is 2.40. The van der Waals surface area contributed by atoms with Crippen molar-refractivity contribution in [3.63, 3.8) is 0 Å². The maximum Gasteiger partial charge on any atom is 0.289 e. The van der Waals surface area contributed by atoms with Gasteiger partial charge in [0.25, 0.3) is 5.91 Å². The van der Waals surface area contributed by atoms with Gasteiger partial charge in [-0.25, -0.2) is 0 Å². The third-order valence-electron chi connectivity index (χ3n) is 4.66. The van der Waals surface area contributed by atoms with E-state index in [1.165, 1.54) is 0 Å². The lowest BCUT2D eigenvalue weighted by atomic mass is 10.1. The summed E-state index contributed by atoms with van der Waals surface area (Å²) in [6.07, 6.45) is 0.151. The molecule has 1 aromatic heterocycles. The van der Waals surface area contributed by atoms with Gasteiger partial charge in [0.1, 0.15) is 5.58 Å². The highest BCUT2D eigenvalue weighted by Crippen LogP contribution is 2.26. The number of carbonyl (C=O) groups excluding carboxylic acids is 1. The molecule has 4 rings (SSSR count). The molecule has 2 aromatic rings. The smallest absolute Gasteiger partial charge is 0.289 e. The predicted molar refractivity (Wildman–Crippen MR) is 82.8 cm³/mol. The molecule has 0 N–H and O–H groups in total. The molecule has 22 heavy (non-hydrogen) atoms. The van der Waals surface area contributed by atoms with Crippen LogP contribution in [0.1, 0.15) is 10.6 Å². The van der Waals surface area contributed by atoms with Crippen LogP contribution >= 0.6 is 0 Å². The normalized spacial score (nSPS) is 26.1. The van der Waals surface area contributed by atoms with Crippen molar-refractivity contribution in [2.24, 2.45) is 5.92 Å². The van der Waals surface area contributed by atoms with Gasteiger partial charge in [0, 0.05) is 37.5 Å². The Morgan fingerprint density at radius 1 is 1.23 bits per heavy atom. The van der Waals surface area contributed by atoms with E-state index in [-0.39, 0.29) is 12.0 Å². The van der Waals surface area contributed by atoms with E-state index in [0.29, 0.717) is 18.2 Å². The third-order valence-corrected chi connectivity index (χ3v) is 4.66. The highest BCUT2D eigenvalue weighted by molar-refractivity contribution is 5.96. The Morgan fingerprint density at radius 2 is 2.09 bits per heavy atom. The number of furan rings is 1. The highest BCUT2D eigenvalue weighted by Gasteiger charge is 2.38. The molecule has 2 fully saturated rings. The van der Waals surface area contributed by atoms with Crippen LogP contribution in [0, 0.1) is 5.92 Å². The van der Waals surface area contributed by atoms with Crippen molar-refractivity contribution >= 4 is 16.9 Å². The van der Waals surface area contributed by atoms with E-state index in [4.69, 9.17) is 9.15 Å². The van der Waals surface area contributed by atoms with Gasteiger partial charge in [0.15, 0.2) is 5.76 Å². The average Bonchev–Trinajstić information content (AvgIpc) is 3.07. The van der Waals surface area contributed by atoms with Gasteiger partial charge >= 0.3 is 0 Å². The maximum absolute atomic E-state index is 12.7. The Morgan fingerprint density at radius 3 is 2.95 bits per heavy atom. The van der Waals surface area contributed by atoms with Crippen LogP contribution in [0.25, 0.3) is 11.0 Å². The number of hydrogen-bond donors (Lipinski definition) is 0. The lowest BCUT2D eigenvalue weighted by Gasteiger charge is -2.18. The number of likely N-dealkylation sites (N-methyl/N-ethyl adjacent to an activating group) is 1. The number of para-hydroxylation sites is 1. The van der Waals surface area contributed by atoms with Crippen molar-refractivity contribution in [3.8, 4) is 0 Å². The zero-order valence-electron chi connectivity index (χ0n) is 12.7. The molecule has 0 radical (unpaired) electrons. The van der Waals surface area contributed by atoms with Crippen LogP contribution in [0.3, 0.4) is 0 Å². The van der Waals surface area contributed by atoms with Crippen LogP contribution in [-0.4, -0.2) is 61.6 Å². The van der Waals surface area contributed by atoms with Gasteiger partial charge in [0.2, 0.25) is 0 Å². The molecule has 2 atom stereocenters. The van der Waals surface area contributed by atoms with E-state index in [1.807, 2.05) is 35.2 Å². The van der Waals surface area contributed by atoms with Crippen LogP contribution in [-0.2, 0) is 4.74 Å². The molecule has 5 nitrogen and oxygen atoms in total. The minimum Gasteiger partial charge on any atom is -0.451 e. The fraction of sp³-hybridized carbons (Fsp3) is 0.471. The van der Waals surface area contributed by atoms with Crippen molar-refractivity contribution < 1.29 is 13.9 Å². The number of rotatable bonds is 1. The van der Waals surface area contributed by atoms with Crippen molar-refractivity contribution in [1.82, 2.24) is 9.80 Å². The van der Waals surface area contributed by atoms with E-state index in [2.05, 4.69) is 11.9 Å². The van der Waals surface area contributed by atoms with Gasteiger partial charge in [-0.15, -0.1) is 0 Å². The molecule has 1 amide bonds. The van der Waals surface area contributed by atoms with Gasteiger partial charge in [-0.2, -0.15) is 0 Å². The lowest BCUT2D eigenvalue weighted by Crippen LogP contribution is -2.32. The van der Waals surface area contributed by atoms with E-state index >= 15 is 0 Å². The second-order valence-corrected chi connectivity index (χ2v) is 6.29. The molecular formula is C17H20N2O3. The number of nitrogens with zero attached hydrogens (tertiary/aromatic N) is 2. The minimum absolute atomic E-state index is 0.0319. The molecule has 1 aromatic carbocycles. The summed E-state index contributed by atoms with van der Waals surface area (Å²) >= 11 is 0. The summed E-state index contributed by atoms with van der Waals surface area (Å²) in [5.41, 5.74) is 0.759. The summed E-state index contributed by atoms with van der Waals surface area (Å²) in [4.78, 5) is 16.8. The lowest BCUT2D eigenvalue weighted by molar-refractivity contribution is 0.0481.